The average molecular weight is 184 g/mol. The average Bonchev–Trinajstić information content (AvgIpc) is 2.95. The molecule has 3 nitrogen and oxygen atoms in total. The third kappa shape index (κ3) is 3.35. The van der Waals surface area contributed by atoms with Gasteiger partial charge in [0.25, 0.3) is 0 Å². The van der Waals surface area contributed by atoms with Crippen LogP contribution in [0.2, 0.25) is 0 Å². The van der Waals surface area contributed by atoms with Gasteiger partial charge in [0.1, 0.15) is 0 Å². The van der Waals surface area contributed by atoms with E-state index < -0.39 is 0 Å². The molecule has 3 heteroatoms. The highest BCUT2D eigenvalue weighted by Gasteiger charge is 2.22. The number of likely N-dealkylation sites (N-methyl/N-ethyl adjacent to an activating group) is 1. The maximum atomic E-state index is 11.5. The third-order valence-corrected chi connectivity index (χ3v) is 2.76. The first kappa shape index (κ1) is 10.5. The van der Waals surface area contributed by atoms with Crippen molar-refractivity contribution in [2.75, 3.05) is 13.6 Å². The van der Waals surface area contributed by atoms with E-state index in [4.69, 9.17) is 0 Å². The van der Waals surface area contributed by atoms with Crippen LogP contribution >= 0.6 is 0 Å². The van der Waals surface area contributed by atoms with Crippen LogP contribution in [0.15, 0.2) is 0 Å². The highest BCUT2D eigenvalue weighted by molar-refractivity contribution is 5.78. The Morgan fingerprint density at radius 2 is 2.23 bits per heavy atom. The summed E-state index contributed by atoms with van der Waals surface area (Å²) in [6, 6.07) is 0.975. The molecule has 0 heterocycles. The van der Waals surface area contributed by atoms with Crippen molar-refractivity contribution in [3.8, 4) is 0 Å². The van der Waals surface area contributed by atoms with Crippen molar-refractivity contribution < 1.29 is 4.79 Å². The molecule has 0 bridgehead atoms. The molecule has 0 aromatic heterocycles. The number of carbonyl (C=O) groups excluding carboxylic acids is 1. The fourth-order valence-electron chi connectivity index (χ4n) is 1.16. The van der Waals surface area contributed by atoms with Gasteiger partial charge in [0.05, 0.1) is 6.54 Å². The van der Waals surface area contributed by atoms with Crippen LogP contribution in [0, 0.1) is 0 Å². The quantitative estimate of drug-likeness (QED) is 0.691. The zero-order valence-corrected chi connectivity index (χ0v) is 8.84. The number of carbonyl (C=O) groups is 1. The first-order valence-electron chi connectivity index (χ1n) is 5.14. The lowest BCUT2D eigenvalue weighted by molar-refractivity contribution is -0.130. The van der Waals surface area contributed by atoms with Crippen LogP contribution < -0.4 is 5.32 Å². The smallest absolute Gasteiger partial charge is 0.236 e. The molecule has 1 aliphatic rings. The fraction of sp³-hybridized carbons (Fsp3) is 0.900. The predicted octanol–water partition coefficient (Wildman–Crippen LogP) is 0.995. The summed E-state index contributed by atoms with van der Waals surface area (Å²) in [6.45, 7) is 4.68. The maximum absolute atomic E-state index is 11.5. The normalized spacial score (nSPS) is 18.4. The number of nitrogens with one attached hydrogen (secondary N) is 1. The largest absolute Gasteiger partial charge is 0.342 e. The fourth-order valence-corrected chi connectivity index (χ4v) is 1.16. The van der Waals surface area contributed by atoms with E-state index in [-0.39, 0.29) is 5.91 Å². The van der Waals surface area contributed by atoms with Gasteiger partial charge in [-0.3, -0.25) is 4.79 Å². The molecule has 13 heavy (non-hydrogen) atoms. The standard InChI is InChI=1S/C10H20N2O/c1-4-8(2)12(3)10(13)7-11-9-5-6-9/h8-9,11H,4-7H2,1-3H3. The highest BCUT2D eigenvalue weighted by Crippen LogP contribution is 2.18. The number of amides is 1. The van der Waals surface area contributed by atoms with Crippen molar-refractivity contribution in [1.82, 2.24) is 10.2 Å². The summed E-state index contributed by atoms with van der Waals surface area (Å²) >= 11 is 0. The van der Waals surface area contributed by atoms with E-state index in [1.165, 1.54) is 12.8 Å². The number of hydrogen-bond acceptors (Lipinski definition) is 2. The highest BCUT2D eigenvalue weighted by atomic mass is 16.2. The van der Waals surface area contributed by atoms with E-state index in [1.807, 2.05) is 11.9 Å². The number of hydrogen-bond donors (Lipinski definition) is 1. The third-order valence-electron chi connectivity index (χ3n) is 2.76. The maximum Gasteiger partial charge on any atom is 0.236 e. The van der Waals surface area contributed by atoms with Crippen molar-refractivity contribution in [2.45, 2.75) is 45.2 Å². The minimum atomic E-state index is 0.209. The number of rotatable bonds is 5. The molecule has 76 valence electrons. The van der Waals surface area contributed by atoms with Crippen molar-refractivity contribution in [3.63, 3.8) is 0 Å². The molecule has 1 rings (SSSR count). The van der Waals surface area contributed by atoms with Crippen LogP contribution in [0.25, 0.3) is 0 Å². The molecule has 1 N–H and O–H groups in total. The zero-order chi connectivity index (χ0) is 9.84. The summed E-state index contributed by atoms with van der Waals surface area (Å²) in [4.78, 5) is 13.4. The van der Waals surface area contributed by atoms with Gasteiger partial charge in [0, 0.05) is 19.1 Å². The minimum absolute atomic E-state index is 0.209. The molecule has 1 atom stereocenters. The molecule has 0 spiro atoms. The monoisotopic (exact) mass is 184 g/mol. The molecule has 0 aromatic carbocycles. The Labute approximate surface area is 80.5 Å². The van der Waals surface area contributed by atoms with E-state index in [1.54, 1.807) is 0 Å². The van der Waals surface area contributed by atoms with Crippen molar-refractivity contribution in [2.24, 2.45) is 0 Å². The van der Waals surface area contributed by atoms with Gasteiger partial charge in [-0.15, -0.1) is 0 Å². The summed E-state index contributed by atoms with van der Waals surface area (Å²) in [6.07, 6.45) is 3.49. The summed E-state index contributed by atoms with van der Waals surface area (Å²) in [5, 5.41) is 3.23. The molecular weight excluding hydrogens is 164 g/mol. The van der Waals surface area contributed by atoms with Crippen LogP contribution in [0.3, 0.4) is 0 Å². The van der Waals surface area contributed by atoms with Crippen LogP contribution in [0.4, 0.5) is 0 Å². The molecule has 1 saturated carbocycles. The second-order valence-corrected chi connectivity index (χ2v) is 3.92. The number of nitrogens with zero attached hydrogens (tertiary/aromatic N) is 1. The van der Waals surface area contributed by atoms with Crippen LogP contribution in [-0.2, 0) is 4.79 Å². The second-order valence-electron chi connectivity index (χ2n) is 3.92. The summed E-state index contributed by atoms with van der Waals surface area (Å²) in [5.74, 6) is 0.209. The van der Waals surface area contributed by atoms with E-state index in [9.17, 15) is 4.79 Å². The van der Waals surface area contributed by atoms with Gasteiger partial charge in [-0.1, -0.05) is 6.92 Å². The lowest BCUT2D eigenvalue weighted by Gasteiger charge is -2.23. The topological polar surface area (TPSA) is 32.3 Å². The van der Waals surface area contributed by atoms with Gasteiger partial charge in [0.15, 0.2) is 0 Å². The van der Waals surface area contributed by atoms with Crippen molar-refractivity contribution in [3.05, 3.63) is 0 Å². The summed E-state index contributed by atoms with van der Waals surface area (Å²) in [5.41, 5.74) is 0. The van der Waals surface area contributed by atoms with Gasteiger partial charge in [-0.25, -0.2) is 0 Å². The molecule has 1 unspecified atom stereocenters. The second kappa shape index (κ2) is 4.61. The Morgan fingerprint density at radius 1 is 1.62 bits per heavy atom. The molecule has 1 amide bonds. The Hall–Kier alpha value is -0.570. The molecule has 0 radical (unpaired) electrons. The lowest BCUT2D eigenvalue weighted by atomic mass is 10.2. The Bertz CT molecular complexity index is 178. The van der Waals surface area contributed by atoms with Gasteiger partial charge in [-0.05, 0) is 26.2 Å². The molecule has 0 aliphatic heterocycles. The van der Waals surface area contributed by atoms with E-state index in [2.05, 4.69) is 19.2 Å². The van der Waals surface area contributed by atoms with E-state index >= 15 is 0 Å². The van der Waals surface area contributed by atoms with Crippen LogP contribution in [0.5, 0.6) is 0 Å². The van der Waals surface area contributed by atoms with E-state index in [0.717, 1.165) is 6.42 Å². The zero-order valence-electron chi connectivity index (χ0n) is 8.84. The van der Waals surface area contributed by atoms with Gasteiger partial charge in [0.2, 0.25) is 5.91 Å². The molecule has 0 saturated heterocycles. The predicted molar refractivity (Wildman–Crippen MR) is 53.5 cm³/mol. The molecule has 1 aliphatic carbocycles. The van der Waals surface area contributed by atoms with Gasteiger partial charge >= 0.3 is 0 Å². The van der Waals surface area contributed by atoms with Crippen LogP contribution in [0.1, 0.15) is 33.1 Å². The first-order chi connectivity index (χ1) is 6.15. The Kier molecular flexibility index (Phi) is 3.72. The van der Waals surface area contributed by atoms with Gasteiger partial charge < -0.3 is 10.2 Å². The first-order valence-corrected chi connectivity index (χ1v) is 5.14. The van der Waals surface area contributed by atoms with Gasteiger partial charge in [-0.2, -0.15) is 0 Å². The van der Waals surface area contributed by atoms with E-state index in [0.29, 0.717) is 18.6 Å². The Balaban J connectivity index is 2.19. The summed E-state index contributed by atoms with van der Waals surface area (Å²) < 4.78 is 0. The lowest BCUT2D eigenvalue weighted by Crippen LogP contribution is -2.40. The Morgan fingerprint density at radius 3 is 2.69 bits per heavy atom. The molecule has 0 aromatic rings. The SMILES string of the molecule is CCC(C)N(C)C(=O)CNC1CC1. The molecule has 1 fully saturated rings. The summed E-state index contributed by atoms with van der Waals surface area (Å²) in [7, 11) is 1.88. The van der Waals surface area contributed by atoms with Crippen molar-refractivity contribution >= 4 is 5.91 Å². The minimum Gasteiger partial charge on any atom is -0.342 e. The van der Waals surface area contributed by atoms with Crippen molar-refractivity contribution in [1.29, 1.82) is 0 Å². The van der Waals surface area contributed by atoms with Crippen LogP contribution in [-0.4, -0.2) is 36.5 Å². The molecular formula is C10H20N2O.